The fourth-order valence-corrected chi connectivity index (χ4v) is 6.55. The highest BCUT2D eigenvalue weighted by atomic mass is 19.1. The lowest BCUT2D eigenvalue weighted by atomic mass is 9.93. The van der Waals surface area contributed by atoms with Crippen LogP contribution in [-0.4, -0.2) is 49.5 Å². The van der Waals surface area contributed by atoms with Crippen molar-refractivity contribution < 1.29 is 27.9 Å². The Morgan fingerprint density at radius 1 is 0.981 bits per heavy atom. The van der Waals surface area contributed by atoms with Crippen LogP contribution in [0.3, 0.4) is 0 Å². The van der Waals surface area contributed by atoms with E-state index in [-0.39, 0.29) is 48.0 Å². The Morgan fingerprint density at radius 2 is 1.80 bits per heavy atom. The molecule has 7 rings (SSSR count). The molecule has 272 valence electrons. The molecule has 1 aliphatic rings. The second kappa shape index (κ2) is 14.4. The Labute approximate surface area is 308 Å². The monoisotopic (exact) mass is 728 g/mol. The van der Waals surface area contributed by atoms with Gasteiger partial charge in [0.25, 0.3) is 11.8 Å². The highest BCUT2D eigenvalue weighted by molar-refractivity contribution is 6.01. The number of nitrogens with one attached hydrogen (secondary N) is 2. The number of hydrogen-bond donors (Lipinski definition) is 2. The first-order valence-electron chi connectivity index (χ1n) is 17.2. The largest absolute Gasteiger partial charge is 0.477 e. The molecule has 3 aromatic carbocycles. The van der Waals surface area contributed by atoms with Gasteiger partial charge in [-0.2, -0.15) is 0 Å². The maximum absolute atomic E-state index is 14.4. The van der Waals surface area contributed by atoms with Gasteiger partial charge in [-0.15, -0.1) is 0 Å². The second-order valence-corrected chi connectivity index (χ2v) is 13.3. The number of aryl methyl sites for hydroxylation is 2. The van der Waals surface area contributed by atoms with Crippen molar-refractivity contribution in [3.63, 3.8) is 0 Å². The van der Waals surface area contributed by atoms with Gasteiger partial charge in [0.1, 0.15) is 11.5 Å². The summed E-state index contributed by atoms with van der Waals surface area (Å²) in [5, 5.41) is 6.62. The van der Waals surface area contributed by atoms with E-state index in [1.165, 1.54) is 0 Å². The molecule has 2 N–H and O–H groups in total. The third kappa shape index (κ3) is 6.81. The number of imide groups is 1. The van der Waals surface area contributed by atoms with Gasteiger partial charge in [-0.05, 0) is 58.3 Å². The Balaban J connectivity index is 1.05. The number of hydrogen-bond acceptors (Lipinski definition) is 7. The minimum Gasteiger partial charge on any atom is -0.477 e. The molecule has 54 heavy (non-hydrogen) atoms. The van der Waals surface area contributed by atoms with E-state index >= 15 is 0 Å². The van der Waals surface area contributed by atoms with Crippen LogP contribution >= 0.6 is 0 Å². The lowest BCUT2D eigenvalue weighted by molar-refractivity contribution is -0.138. The third-order valence-corrected chi connectivity index (χ3v) is 9.42. The molecule has 13 heteroatoms. The van der Waals surface area contributed by atoms with Gasteiger partial charge in [0, 0.05) is 62.4 Å². The number of ether oxygens (including phenoxy) is 1. The molecular weight excluding hydrogens is 694 g/mol. The number of aromatic nitrogens is 4. The fraction of sp³-hybridized carbons (Fsp3) is 0.220. The van der Waals surface area contributed by atoms with Crippen molar-refractivity contribution in [2.45, 2.75) is 38.7 Å². The number of carbonyl (C=O) groups excluding carboxylic acids is 3. The molecule has 6 aromatic rings. The van der Waals surface area contributed by atoms with E-state index in [4.69, 9.17) is 9.72 Å². The quantitative estimate of drug-likeness (QED) is 0.163. The number of halogens is 2. The smallest absolute Gasteiger partial charge is 0.328 e. The standard InChI is InChI=1S/C41H34F2N6O5/c1-22(2)28-15-26(17-34-38(28)49(4)41(53)48(34)3)27-9-5-7-23-16-33(46-21-29(23)27)25-10-11-32(45-20-25)39(51)44-14-6-8-24-18-36(31(43)19-30(24)42)54-35-12-13-37(50)47-40(35)52/h5,7,9-11,15-22,35H,12-14H2,1-4H3,(H,44,51)(H,47,50,52). The van der Waals surface area contributed by atoms with E-state index in [2.05, 4.69) is 47.4 Å². The SMILES string of the molecule is CC(C)c1cc(-c2cccc3cc(-c4ccc(C(=O)NCC#Cc5cc(OC6CCC(=O)NC6=O)c(F)cc5F)nc4)ncc23)cc2c1n(C)c(=O)n2C. The molecule has 0 radical (unpaired) electrons. The van der Waals surface area contributed by atoms with Crippen LogP contribution in [0.25, 0.3) is 44.2 Å². The average molecular weight is 729 g/mol. The predicted molar refractivity (Wildman–Crippen MR) is 199 cm³/mol. The van der Waals surface area contributed by atoms with Gasteiger partial charge in [0.05, 0.1) is 28.8 Å². The van der Waals surface area contributed by atoms with Crippen LogP contribution in [0, 0.1) is 23.5 Å². The molecule has 0 saturated carbocycles. The van der Waals surface area contributed by atoms with Gasteiger partial charge >= 0.3 is 5.69 Å². The highest BCUT2D eigenvalue weighted by Crippen LogP contribution is 2.35. The van der Waals surface area contributed by atoms with Gasteiger partial charge < -0.3 is 10.1 Å². The van der Waals surface area contributed by atoms with Crippen molar-refractivity contribution in [2.24, 2.45) is 14.1 Å². The van der Waals surface area contributed by atoms with Crippen LogP contribution in [0.1, 0.15) is 54.2 Å². The fourth-order valence-electron chi connectivity index (χ4n) is 6.55. The number of nitrogens with zero attached hydrogens (tertiary/aromatic N) is 4. The van der Waals surface area contributed by atoms with Gasteiger partial charge in [-0.25, -0.2) is 13.6 Å². The van der Waals surface area contributed by atoms with Gasteiger partial charge in [-0.3, -0.25) is 38.8 Å². The zero-order valence-corrected chi connectivity index (χ0v) is 29.8. The molecule has 1 fully saturated rings. The number of imidazole rings is 1. The van der Waals surface area contributed by atoms with Crippen LogP contribution in [-0.2, 0) is 23.7 Å². The molecule has 1 aliphatic heterocycles. The van der Waals surface area contributed by atoms with E-state index in [0.29, 0.717) is 17.3 Å². The Kier molecular flexibility index (Phi) is 9.51. The molecule has 0 bridgehead atoms. The number of benzene rings is 3. The Morgan fingerprint density at radius 3 is 2.54 bits per heavy atom. The molecule has 3 amide bonds. The van der Waals surface area contributed by atoms with Crippen LogP contribution in [0.4, 0.5) is 8.78 Å². The summed E-state index contributed by atoms with van der Waals surface area (Å²) in [4.78, 5) is 58.0. The molecule has 4 heterocycles. The summed E-state index contributed by atoms with van der Waals surface area (Å²) in [5.74, 6) is 1.34. The van der Waals surface area contributed by atoms with Crippen molar-refractivity contribution in [3.8, 4) is 40.0 Å². The first-order valence-corrected chi connectivity index (χ1v) is 17.2. The van der Waals surface area contributed by atoms with E-state index in [0.717, 1.165) is 44.6 Å². The molecule has 1 atom stereocenters. The molecule has 1 unspecified atom stereocenters. The summed E-state index contributed by atoms with van der Waals surface area (Å²) in [5.41, 5.74) is 6.06. The first-order chi connectivity index (χ1) is 25.9. The minimum absolute atomic E-state index is 0.0308. The van der Waals surface area contributed by atoms with Crippen LogP contribution < -0.4 is 21.1 Å². The lowest BCUT2D eigenvalue weighted by Crippen LogP contribution is -2.46. The topological polar surface area (TPSA) is 137 Å². The number of rotatable bonds is 7. The number of pyridine rings is 2. The van der Waals surface area contributed by atoms with E-state index in [9.17, 15) is 28.0 Å². The maximum Gasteiger partial charge on any atom is 0.328 e. The van der Waals surface area contributed by atoms with Crippen molar-refractivity contribution in [1.82, 2.24) is 29.7 Å². The summed E-state index contributed by atoms with van der Waals surface area (Å²) in [6.07, 6.45) is 2.35. The molecular formula is C41H34F2N6O5. The number of carbonyl (C=O) groups is 3. The normalized spacial score (nSPS) is 14.2. The molecule has 1 saturated heterocycles. The summed E-state index contributed by atoms with van der Waals surface area (Å²) >= 11 is 0. The third-order valence-electron chi connectivity index (χ3n) is 9.42. The van der Waals surface area contributed by atoms with Gasteiger partial charge in [-0.1, -0.05) is 43.9 Å². The summed E-state index contributed by atoms with van der Waals surface area (Å²) < 4.78 is 37.6. The van der Waals surface area contributed by atoms with E-state index in [1.54, 1.807) is 41.6 Å². The highest BCUT2D eigenvalue weighted by Gasteiger charge is 2.29. The summed E-state index contributed by atoms with van der Waals surface area (Å²) in [7, 11) is 3.58. The second-order valence-electron chi connectivity index (χ2n) is 13.3. The molecule has 0 spiro atoms. The van der Waals surface area contributed by atoms with Crippen molar-refractivity contribution >= 4 is 39.5 Å². The van der Waals surface area contributed by atoms with Crippen LogP contribution in [0.15, 0.2) is 77.9 Å². The summed E-state index contributed by atoms with van der Waals surface area (Å²) in [6.45, 7) is 4.07. The van der Waals surface area contributed by atoms with Gasteiger partial charge in [0.15, 0.2) is 17.7 Å². The number of amides is 3. The van der Waals surface area contributed by atoms with Crippen LogP contribution in [0.2, 0.25) is 0 Å². The van der Waals surface area contributed by atoms with Crippen LogP contribution in [0.5, 0.6) is 5.75 Å². The minimum atomic E-state index is -1.11. The molecule has 11 nitrogen and oxygen atoms in total. The van der Waals surface area contributed by atoms with Crippen molar-refractivity contribution in [1.29, 1.82) is 0 Å². The number of fused-ring (bicyclic) bond motifs is 2. The Hall–Kier alpha value is -6.68. The molecule has 0 aliphatic carbocycles. The first kappa shape index (κ1) is 35.7. The zero-order chi connectivity index (χ0) is 38.3. The van der Waals surface area contributed by atoms with Gasteiger partial charge in [0.2, 0.25) is 5.91 Å². The zero-order valence-electron chi connectivity index (χ0n) is 29.8. The number of piperidine rings is 1. The van der Waals surface area contributed by atoms with Crippen molar-refractivity contribution in [3.05, 3.63) is 112 Å². The van der Waals surface area contributed by atoms with Crippen molar-refractivity contribution in [2.75, 3.05) is 6.54 Å². The van der Waals surface area contributed by atoms with E-state index < -0.39 is 35.5 Å². The predicted octanol–water partition coefficient (Wildman–Crippen LogP) is 5.52. The van der Waals surface area contributed by atoms with E-state index in [1.807, 2.05) is 36.5 Å². The molecule has 3 aromatic heterocycles. The lowest BCUT2D eigenvalue weighted by Gasteiger charge is -2.22. The maximum atomic E-state index is 14.4. The average Bonchev–Trinajstić information content (AvgIpc) is 3.38. The Bertz CT molecular complexity index is 2640. The summed E-state index contributed by atoms with van der Waals surface area (Å²) in [6, 6.07) is 17.1.